The third-order valence-corrected chi connectivity index (χ3v) is 7.21. The van der Waals surface area contributed by atoms with E-state index in [4.69, 9.17) is 4.74 Å². The van der Waals surface area contributed by atoms with Crippen LogP contribution in [0, 0.1) is 28.1 Å². The van der Waals surface area contributed by atoms with Gasteiger partial charge in [-0.3, -0.25) is 4.79 Å². The lowest BCUT2D eigenvalue weighted by atomic mass is 9.61. The summed E-state index contributed by atoms with van der Waals surface area (Å²) in [6, 6.07) is 0. The van der Waals surface area contributed by atoms with E-state index in [-0.39, 0.29) is 23.6 Å². The van der Waals surface area contributed by atoms with Crippen LogP contribution in [0.25, 0.3) is 0 Å². The molecule has 2 saturated carbocycles. The highest BCUT2D eigenvalue weighted by atomic mass is 16.5. The minimum absolute atomic E-state index is 0.00922. The van der Waals surface area contributed by atoms with Crippen LogP contribution in [0.2, 0.25) is 0 Å². The van der Waals surface area contributed by atoms with Gasteiger partial charge in [-0.2, -0.15) is 0 Å². The van der Waals surface area contributed by atoms with Crippen LogP contribution in [0.15, 0.2) is 23.8 Å². The Kier molecular flexibility index (Phi) is 3.66. The second kappa shape index (κ2) is 5.04. The summed E-state index contributed by atoms with van der Waals surface area (Å²) in [7, 11) is 0. The molecular formula is C20H28O4. The largest absolute Gasteiger partial charge is 0.457 e. The number of hydrogen-bond acceptors (Lipinski definition) is 4. The second-order valence-electron chi connectivity index (χ2n) is 8.59. The number of aliphatic hydroxyl groups excluding tert-OH is 1. The van der Waals surface area contributed by atoms with Gasteiger partial charge in [0, 0.05) is 22.3 Å². The van der Waals surface area contributed by atoms with Crippen molar-refractivity contribution in [3.8, 4) is 0 Å². The van der Waals surface area contributed by atoms with Crippen molar-refractivity contribution < 1.29 is 19.4 Å². The molecule has 132 valence electrons. The number of hydrogen-bond donors (Lipinski definition) is 1. The van der Waals surface area contributed by atoms with E-state index in [1.54, 1.807) is 26.0 Å². The predicted octanol–water partition coefficient (Wildman–Crippen LogP) is 3.05. The molecule has 0 radical (unpaired) electrons. The number of carbonyl (C=O) groups excluding carboxylic acids is 2. The van der Waals surface area contributed by atoms with Gasteiger partial charge in [-0.1, -0.05) is 32.9 Å². The lowest BCUT2D eigenvalue weighted by molar-refractivity contribution is -0.162. The summed E-state index contributed by atoms with van der Waals surface area (Å²) >= 11 is 0. The highest BCUT2D eigenvalue weighted by molar-refractivity contribution is 6.00. The van der Waals surface area contributed by atoms with E-state index in [0.29, 0.717) is 12.0 Å². The van der Waals surface area contributed by atoms with E-state index in [0.717, 1.165) is 0 Å². The van der Waals surface area contributed by atoms with Crippen LogP contribution >= 0.6 is 0 Å². The first-order valence-corrected chi connectivity index (χ1v) is 8.80. The molecule has 0 aliphatic heterocycles. The van der Waals surface area contributed by atoms with Crippen LogP contribution in [0.1, 0.15) is 48.0 Å². The third-order valence-electron chi connectivity index (χ3n) is 7.21. The lowest BCUT2D eigenvalue weighted by Crippen LogP contribution is -2.49. The van der Waals surface area contributed by atoms with Crippen LogP contribution in [0.3, 0.4) is 0 Å². The molecule has 0 heterocycles. The number of aliphatic hydroxyl groups is 1. The number of ether oxygens (including phenoxy) is 1. The van der Waals surface area contributed by atoms with Crippen LogP contribution < -0.4 is 0 Å². The number of esters is 1. The Bertz CT molecular complexity index is 659. The Labute approximate surface area is 144 Å². The van der Waals surface area contributed by atoms with Crippen molar-refractivity contribution in [2.75, 3.05) is 0 Å². The van der Waals surface area contributed by atoms with Gasteiger partial charge < -0.3 is 9.84 Å². The molecule has 24 heavy (non-hydrogen) atoms. The number of carbonyl (C=O) groups is 2. The summed E-state index contributed by atoms with van der Waals surface area (Å²) in [6.45, 7) is 11.6. The van der Waals surface area contributed by atoms with Gasteiger partial charge in [0.1, 0.15) is 6.10 Å². The Morgan fingerprint density at radius 2 is 2.00 bits per heavy atom. The van der Waals surface area contributed by atoms with E-state index in [9.17, 15) is 14.7 Å². The van der Waals surface area contributed by atoms with Crippen molar-refractivity contribution in [2.24, 2.45) is 28.1 Å². The van der Waals surface area contributed by atoms with Gasteiger partial charge in [0.25, 0.3) is 0 Å². The fourth-order valence-electron chi connectivity index (χ4n) is 6.16. The predicted molar refractivity (Wildman–Crippen MR) is 91.1 cm³/mol. The Balaban J connectivity index is 2.14. The molecule has 0 aromatic carbocycles. The molecule has 1 N–H and O–H groups in total. The summed E-state index contributed by atoms with van der Waals surface area (Å²) in [5.74, 6) is -0.309. The molecule has 0 saturated heterocycles. The Morgan fingerprint density at radius 3 is 2.58 bits per heavy atom. The monoisotopic (exact) mass is 332 g/mol. The van der Waals surface area contributed by atoms with Crippen LogP contribution in [0.5, 0.6) is 0 Å². The molecule has 0 unspecified atom stereocenters. The van der Waals surface area contributed by atoms with Gasteiger partial charge in [0.05, 0.1) is 11.5 Å². The summed E-state index contributed by atoms with van der Waals surface area (Å²) in [4.78, 5) is 25.4. The highest BCUT2D eigenvalue weighted by Gasteiger charge is 2.79. The minimum atomic E-state index is -0.818. The first-order chi connectivity index (χ1) is 11.0. The van der Waals surface area contributed by atoms with Gasteiger partial charge in [0.15, 0.2) is 5.78 Å². The summed E-state index contributed by atoms with van der Waals surface area (Å²) in [5, 5.41) is 10.8. The first-order valence-electron chi connectivity index (χ1n) is 8.80. The number of allylic oxidation sites excluding steroid dienone is 3. The smallest absolute Gasteiger partial charge is 0.333 e. The fraction of sp³-hybridized carbons (Fsp3) is 0.700. The maximum Gasteiger partial charge on any atom is 0.333 e. The van der Waals surface area contributed by atoms with Crippen LogP contribution in [-0.4, -0.2) is 29.1 Å². The quantitative estimate of drug-likeness (QED) is 0.623. The lowest BCUT2D eigenvalue weighted by Gasteiger charge is -2.41. The maximum absolute atomic E-state index is 12.9. The van der Waals surface area contributed by atoms with Crippen LogP contribution in [-0.2, 0) is 14.3 Å². The summed E-state index contributed by atoms with van der Waals surface area (Å²) < 4.78 is 5.92. The Hall–Kier alpha value is -1.42. The van der Waals surface area contributed by atoms with E-state index in [1.165, 1.54) is 0 Å². The molecule has 0 aromatic heterocycles. The van der Waals surface area contributed by atoms with Gasteiger partial charge >= 0.3 is 5.97 Å². The van der Waals surface area contributed by atoms with E-state index < -0.39 is 28.5 Å². The summed E-state index contributed by atoms with van der Waals surface area (Å²) in [5.41, 5.74) is -1.21. The molecule has 6 atom stereocenters. The average molecular weight is 332 g/mol. The zero-order valence-corrected chi connectivity index (χ0v) is 15.4. The molecule has 0 amide bonds. The van der Waals surface area contributed by atoms with Gasteiger partial charge in [-0.05, 0) is 39.2 Å². The molecule has 3 aliphatic carbocycles. The Morgan fingerprint density at radius 1 is 1.38 bits per heavy atom. The maximum atomic E-state index is 12.9. The molecule has 3 aliphatic rings. The second-order valence-corrected chi connectivity index (χ2v) is 8.59. The minimum Gasteiger partial charge on any atom is -0.457 e. The number of ketones is 1. The molecular weight excluding hydrogens is 304 g/mol. The molecule has 0 bridgehead atoms. The van der Waals surface area contributed by atoms with E-state index >= 15 is 0 Å². The standard InChI is InChI=1S/C20H28O4/c1-7-11(2)16(23)24-17-18(4,5)15-13(21)10-12(3)20(15)9-8-14(22)19(17,20)6/h7-9,12-13,15,17,21H,10H2,1-6H3/b11-7-/t12-,13-,15+,17+,19+,20+/m1/s1. The number of rotatable bonds is 2. The highest BCUT2D eigenvalue weighted by Crippen LogP contribution is 2.75. The molecule has 4 heteroatoms. The molecule has 2 fully saturated rings. The molecule has 4 nitrogen and oxygen atoms in total. The first kappa shape index (κ1) is 17.4. The van der Waals surface area contributed by atoms with Crippen molar-refractivity contribution in [3.05, 3.63) is 23.8 Å². The summed E-state index contributed by atoms with van der Waals surface area (Å²) in [6.07, 6.45) is 4.98. The fourth-order valence-corrected chi connectivity index (χ4v) is 6.16. The molecule has 3 rings (SSSR count). The van der Waals surface area contributed by atoms with Crippen LogP contribution in [0.4, 0.5) is 0 Å². The van der Waals surface area contributed by atoms with E-state index in [1.807, 2.05) is 26.8 Å². The van der Waals surface area contributed by atoms with Gasteiger partial charge in [-0.25, -0.2) is 4.79 Å². The zero-order valence-electron chi connectivity index (χ0n) is 15.4. The van der Waals surface area contributed by atoms with Gasteiger partial charge in [-0.15, -0.1) is 0 Å². The molecule has 0 aromatic rings. The van der Waals surface area contributed by atoms with Crippen molar-refractivity contribution in [1.29, 1.82) is 0 Å². The molecule has 1 spiro atoms. The van der Waals surface area contributed by atoms with E-state index in [2.05, 4.69) is 6.92 Å². The SMILES string of the molecule is C/C=C(/C)C(=O)O[C@H]1C(C)(C)[C@@H]2[C@H](O)C[C@@H](C)[C@@]23C=CC(=O)[C@@]13C. The normalized spacial score (nSPS) is 46.1. The topological polar surface area (TPSA) is 63.6 Å². The average Bonchev–Trinajstić information content (AvgIpc) is 2.98. The van der Waals surface area contributed by atoms with Crippen molar-refractivity contribution in [2.45, 2.75) is 60.2 Å². The van der Waals surface area contributed by atoms with Crippen molar-refractivity contribution in [3.63, 3.8) is 0 Å². The van der Waals surface area contributed by atoms with Gasteiger partial charge in [0.2, 0.25) is 0 Å². The third kappa shape index (κ3) is 1.73. The van der Waals surface area contributed by atoms with Crippen molar-refractivity contribution >= 4 is 11.8 Å². The van der Waals surface area contributed by atoms with Crippen molar-refractivity contribution in [1.82, 2.24) is 0 Å². The zero-order chi connectivity index (χ0) is 18.1.